The predicted molar refractivity (Wildman–Crippen MR) is 105 cm³/mol. The Labute approximate surface area is 155 Å². The minimum atomic E-state index is 0. The average Bonchev–Trinajstić information content (AvgIpc) is 3.08. The molecule has 1 heterocycles. The molecule has 3 rings (SSSR count). The van der Waals surface area contributed by atoms with E-state index in [1.54, 1.807) is 0 Å². The van der Waals surface area contributed by atoms with Crippen LogP contribution in [0.5, 0.6) is 0 Å². The van der Waals surface area contributed by atoms with E-state index in [-0.39, 0.29) is 29.4 Å². The van der Waals surface area contributed by atoms with Crippen molar-refractivity contribution in [1.29, 1.82) is 0 Å². The molecule has 2 fully saturated rings. The van der Waals surface area contributed by atoms with Crippen LogP contribution in [-0.4, -0.2) is 37.0 Å². The van der Waals surface area contributed by atoms with Crippen molar-refractivity contribution in [2.75, 3.05) is 26.2 Å². The zero-order chi connectivity index (χ0) is 14.7. The lowest BCUT2D eigenvalue weighted by molar-refractivity contribution is 0.491. The van der Waals surface area contributed by atoms with E-state index in [9.17, 15) is 0 Å². The van der Waals surface area contributed by atoms with Crippen LogP contribution in [-0.2, 0) is 5.41 Å². The molecule has 0 radical (unpaired) electrons. The molecule has 2 aliphatic rings. The maximum Gasteiger partial charge on any atom is 0.193 e. The Morgan fingerprint density at radius 2 is 1.86 bits per heavy atom. The number of guanidine groups is 1. The van der Waals surface area contributed by atoms with Gasteiger partial charge in [-0.2, -0.15) is 0 Å². The summed E-state index contributed by atoms with van der Waals surface area (Å²) in [5.74, 6) is 1.09. The highest BCUT2D eigenvalue weighted by Crippen LogP contribution is 2.48. The molecule has 0 bridgehead atoms. The quantitative estimate of drug-likeness (QED) is 0.441. The minimum Gasteiger partial charge on any atom is -0.357 e. The van der Waals surface area contributed by atoms with Crippen molar-refractivity contribution in [3.05, 3.63) is 34.9 Å². The Kier molecular flexibility index (Phi) is 6.38. The van der Waals surface area contributed by atoms with Gasteiger partial charge >= 0.3 is 0 Å². The van der Waals surface area contributed by atoms with E-state index in [4.69, 9.17) is 16.6 Å². The zero-order valence-corrected chi connectivity index (χ0v) is 16.2. The fourth-order valence-electron chi connectivity index (χ4n) is 3.07. The summed E-state index contributed by atoms with van der Waals surface area (Å²) in [5.41, 5.74) is 1.64. The third-order valence-corrected chi connectivity index (χ3v) is 4.83. The Balaban J connectivity index is 0.00000176. The van der Waals surface area contributed by atoms with Gasteiger partial charge in [-0.15, -0.1) is 24.0 Å². The number of nitrogens with one attached hydrogen (secondary N) is 1. The first-order valence-corrected chi connectivity index (χ1v) is 8.41. The lowest BCUT2D eigenvalue weighted by atomic mass is 9.96. The molecular weight excluding hydrogens is 409 g/mol. The molecule has 122 valence electrons. The van der Waals surface area contributed by atoms with Gasteiger partial charge in [-0.25, -0.2) is 0 Å². The van der Waals surface area contributed by atoms with E-state index in [1.165, 1.54) is 31.2 Å². The van der Waals surface area contributed by atoms with Gasteiger partial charge in [0.25, 0.3) is 0 Å². The molecule has 1 aromatic rings. The van der Waals surface area contributed by atoms with Gasteiger partial charge in [0, 0.05) is 30.1 Å². The van der Waals surface area contributed by atoms with Crippen molar-refractivity contribution in [1.82, 2.24) is 10.2 Å². The lowest BCUT2D eigenvalue weighted by Crippen LogP contribution is -2.40. The van der Waals surface area contributed by atoms with E-state index in [2.05, 4.69) is 29.3 Å². The van der Waals surface area contributed by atoms with Gasteiger partial charge in [-0.1, -0.05) is 23.7 Å². The Bertz CT molecular complexity index is 505. The Morgan fingerprint density at radius 3 is 2.41 bits per heavy atom. The highest BCUT2D eigenvalue weighted by molar-refractivity contribution is 14.0. The number of halogens is 2. The molecule has 1 aromatic carbocycles. The summed E-state index contributed by atoms with van der Waals surface area (Å²) in [6.45, 7) is 6.23. The molecule has 1 aliphatic carbocycles. The second kappa shape index (κ2) is 7.86. The number of likely N-dealkylation sites (tertiary alicyclic amines) is 1. The van der Waals surface area contributed by atoms with Gasteiger partial charge < -0.3 is 10.2 Å². The normalized spacial score (nSPS) is 19.7. The van der Waals surface area contributed by atoms with Crippen molar-refractivity contribution in [3.63, 3.8) is 0 Å². The summed E-state index contributed by atoms with van der Waals surface area (Å²) in [7, 11) is 0. The number of rotatable bonds is 4. The molecule has 1 aliphatic heterocycles. The molecule has 0 spiro atoms. The van der Waals surface area contributed by atoms with Crippen LogP contribution in [0.1, 0.15) is 38.2 Å². The maximum atomic E-state index is 5.99. The van der Waals surface area contributed by atoms with Crippen LogP contribution in [0.4, 0.5) is 0 Å². The predicted octanol–water partition coefficient (Wildman–Crippen LogP) is 4.05. The Morgan fingerprint density at radius 1 is 1.23 bits per heavy atom. The third kappa shape index (κ3) is 4.07. The second-order valence-electron chi connectivity index (χ2n) is 6.15. The van der Waals surface area contributed by atoms with Gasteiger partial charge in [0.2, 0.25) is 0 Å². The fourth-order valence-corrected chi connectivity index (χ4v) is 3.20. The van der Waals surface area contributed by atoms with Crippen LogP contribution in [0.3, 0.4) is 0 Å². The van der Waals surface area contributed by atoms with Crippen LogP contribution < -0.4 is 5.32 Å². The van der Waals surface area contributed by atoms with Crippen LogP contribution in [0.25, 0.3) is 0 Å². The summed E-state index contributed by atoms with van der Waals surface area (Å²) in [6, 6.07) is 8.31. The maximum absolute atomic E-state index is 5.99. The summed E-state index contributed by atoms with van der Waals surface area (Å²) in [5, 5.41) is 4.25. The molecule has 22 heavy (non-hydrogen) atoms. The fraction of sp³-hybridized carbons (Fsp3) is 0.588. The molecule has 0 atom stereocenters. The largest absolute Gasteiger partial charge is 0.357 e. The number of aliphatic imine (C=N–C) groups is 1. The first-order valence-electron chi connectivity index (χ1n) is 8.03. The van der Waals surface area contributed by atoms with Gasteiger partial charge in [0.15, 0.2) is 5.96 Å². The first kappa shape index (κ1) is 17.9. The first-order chi connectivity index (χ1) is 10.2. The molecule has 3 nitrogen and oxygen atoms in total. The van der Waals surface area contributed by atoms with Gasteiger partial charge in [-0.3, -0.25) is 4.99 Å². The smallest absolute Gasteiger partial charge is 0.193 e. The van der Waals surface area contributed by atoms with E-state index in [1.807, 2.05) is 12.1 Å². The van der Waals surface area contributed by atoms with Crippen LogP contribution in [0.2, 0.25) is 5.02 Å². The van der Waals surface area contributed by atoms with Crippen molar-refractivity contribution >= 4 is 41.5 Å². The average molecular weight is 434 g/mol. The van der Waals surface area contributed by atoms with Gasteiger partial charge in [0.05, 0.1) is 6.54 Å². The zero-order valence-electron chi connectivity index (χ0n) is 13.1. The minimum absolute atomic E-state index is 0. The lowest BCUT2D eigenvalue weighted by Gasteiger charge is -2.22. The molecular formula is C17H25ClIN3. The van der Waals surface area contributed by atoms with Gasteiger partial charge in [-0.05, 0) is 50.3 Å². The number of benzene rings is 1. The topological polar surface area (TPSA) is 27.6 Å². The summed E-state index contributed by atoms with van der Waals surface area (Å²) in [4.78, 5) is 7.32. The SMILES string of the molecule is CCNC(=NCC1(c2ccc(Cl)cc2)CC1)N1CCCC1.I. The van der Waals surface area contributed by atoms with Crippen molar-refractivity contribution in [2.45, 2.75) is 38.0 Å². The van der Waals surface area contributed by atoms with Crippen molar-refractivity contribution in [3.8, 4) is 0 Å². The standard InChI is InChI=1S/C17H24ClN3.HI/c1-2-19-16(21-11-3-4-12-21)20-13-17(9-10-17)14-5-7-15(18)8-6-14;/h5-8H,2-4,9-13H2,1H3,(H,19,20);1H. The molecule has 0 amide bonds. The summed E-state index contributed by atoms with van der Waals surface area (Å²) >= 11 is 5.99. The molecule has 0 unspecified atom stereocenters. The molecule has 1 N–H and O–H groups in total. The molecule has 0 aromatic heterocycles. The molecule has 5 heteroatoms. The van der Waals surface area contributed by atoms with Crippen molar-refractivity contribution < 1.29 is 0 Å². The summed E-state index contributed by atoms with van der Waals surface area (Å²) < 4.78 is 0. The molecule has 1 saturated carbocycles. The van der Waals surface area contributed by atoms with E-state index < -0.39 is 0 Å². The number of nitrogens with zero attached hydrogens (tertiary/aromatic N) is 2. The van der Waals surface area contributed by atoms with Crippen molar-refractivity contribution in [2.24, 2.45) is 4.99 Å². The van der Waals surface area contributed by atoms with Crippen LogP contribution >= 0.6 is 35.6 Å². The second-order valence-corrected chi connectivity index (χ2v) is 6.59. The Hall–Kier alpha value is -0.490. The van der Waals surface area contributed by atoms with E-state index in [0.29, 0.717) is 0 Å². The number of hydrogen-bond acceptors (Lipinski definition) is 1. The van der Waals surface area contributed by atoms with Crippen LogP contribution in [0.15, 0.2) is 29.3 Å². The third-order valence-electron chi connectivity index (χ3n) is 4.58. The van der Waals surface area contributed by atoms with Crippen LogP contribution in [0, 0.1) is 0 Å². The molecule has 1 saturated heterocycles. The number of hydrogen-bond donors (Lipinski definition) is 1. The monoisotopic (exact) mass is 433 g/mol. The highest BCUT2D eigenvalue weighted by atomic mass is 127. The van der Waals surface area contributed by atoms with E-state index in [0.717, 1.165) is 37.2 Å². The van der Waals surface area contributed by atoms with E-state index >= 15 is 0 Å². The summed E-state index contributed by atoms with van der Waals surface area (Å²) in [6.07, 6.45) is 5.04. The van der Waals surface area contributed by atoms with Gasteiger partial charge in [0.1, 0.15) is 0 Å². The highest BCUT2D eigenvalue weighted by Gasteiger charge is 2.44.